The predicted octanol–water partition coefficient (Wildman–Crippen LogP) is 5.80. The SMILES string of the molecule is CCCCOC1CCCN(CCCc2ccc3c(n2)NCCC3)C1.O=CO.c1ccc2c(c1)cnn2CC1CC1. The van der Waals surface area contributed by atoms with Crippen LogP contribution < -0.4 is 5.32 Å². The number of hydrogen-bond donors (Lipinski definition) is 2. The molecule has 2 N–H and O–H groups in total. The van der Waals surface area contributed by atoms with Gasteiger partial charge in [-0.05, 0) is 94.5 Å². The molecule has 0 amide bonds. The van der Waals surface area contributed by atoms with Gasteiger partial charge >= 0.3 is 0 Å². The van der Waals surface area contributed by atoms with Crippen molar-refractivity contribution in [2.24, 2.45) is 5.92 Å². The highest BCUT2D eigenvalue weighted by molar-refractivity contribution is 5.78. The first-order valence-electron chi connectivity index (χ1n) is 15.2. The number of rotatable bonds is 10. The van der Waals surface area contributed by atoms with Gasteiger partial charge in [0.05, 0.1) is 17.8 Å². The predicted molar refractivity (Wildman–Crippen MR) is 161 cm³/mol. The number of unbranched alkanes of at least 4 members (excludes halogenated alkanes) is 1. The Labute approximate surface area is 239 Å². The summed E-state index contributed by atoms with van der Waals surface area (Å²) >= 11 is 0. The molecule has 1 unspecified atom stereocenters. The van der Waals surface area contributed by atoms with E-state index in [-0.39, 0.29) is 6.47 Å². The number of pyridine rings is 1. The molecule has 1 aromatic carbocycles. The molecule has 40 heavy (non-hydrogen) atoms. The number of ether oxygens (including phenoxy) is 1. The molecule has 1 atom stereocenters. The minimum atomic E-state index is -0.250. The number of hydrogen-bond acceptors (Lipinski definition) is 6. The number of carboxylic acid groups (broad SMARTS) is 1. The van der Waals surface area contributed by atoms with Crippen LogP contribution >= 0.6 is 0 Å². The van der Waals surface area contributed by atoms with Crippen molar-refractivity contribution in [3.05, 3.63) is 53.9 Å². The van der Waals surface area contributed by atoms with Crippen LogP contribution in [0.4, 0.5) is 5.82 Å². The molecule has 0 spiro atoms. The van der Waals surface area contributed by atoms with E-state index in [1.54, 1.807) is 0 Å². The quantitative estimate of drug-likeness (QED) is 0.244. The number of nitrogens with one attached hydrogen (secondary N) is 1. The lowest BCUT2D eigenvalue weighted by molar-refractivity contribution is -0.122. The first-order valence-corrected chi connectivity index (χ1v) is 15.2. The first kappa shape index (κ1) is 30.0. The van der Waals surface area contributed by atoms with Crippen LogP contribution in [0, 0.1) is 5.92 Å². The topological polar surface area (TPSA) is 92.5 Å². The average Bonchev–Trinajstić information content (AvgIpc) is 3.72. The van der Waals surface area contributed by atoms with E-state index in [1.807, 2.05) is 6.20 Å². The Morgan fingerprint density at radius 3 is 2.80 bits per heavy atom. The molecule has 8 heteroatoms. The highest BCUT2D eigenvalue weighted by Gasteiger charge is 2.22. The van der Waals surface area contributed by atoms with E-state index in [2.05, 4.69) is 63.3 Å². The Hall–Kier alpha value is -2.97. The number of nitrogens with zero attached hydrogens (tertiary/aromatic N) is 4. The van der Waals surface area contributed by atoms with Gasteiger partial charge in [0, 0.05) is 37.3 Å². The van der Waals surface area contributed by atoms with Crippen LogP contribution in [0.3, 0.4) is 0 Å². The summed E-state index contributed by atoms with van der Waals surface area (Å²) in [5.74, 6) is 2.02. The lowest BCUT2D eigenvalue weighted by atomic mass is 10.1. The van der Waals surface area contributed by atoms with E-state index in [1.165, 1.54) is 93.0 Å². The van der Waals surface area contributed by atoms with Gasteiger partial charge in [-0.15, -0.1) is 0 Å². The van der Waals surface area contributed by atoms with Gasteiger partial charge in [-0.3, -0.25) is 9.48 Å². The third-order valence-electron chi connectivity index (χ3n) is 7.85. The Morgan fingerprint density at radius 2 is 1.98 bits per heavy atom. The number of anilines is 1. The van der Waals surface area contributed by atoms with E-state index in [4.69, 9.17) is 19.6 Å². The van der Waals surface area contributed by atoms with Gasteiger partial charge in [-0.2, -0.15) is 5.10 Å². The third kappa shape index (κ3) is 9.59. The molecule has 2 aliphatic heterocycles. The summed E-state index contributed by atoms with van der Waals surface area (Å²) in [6, 6.07) is 12.9. The Morgan fingerprint density at radius 1 is 1.12 bits per heavy atom. The zero-order chi connectivity index (χ0) is 28.0. The highest BCUT2D eigenvalue weighted by Crippen LogP contribution is 2.31. The summed E-state index contributed by atoms with van der Waals surface area (Å²) in [5.41, 5.74) is 3.89. The largest absolute Gasteiger partial charge is 0.483 e. The van der Waals surface area contributed by atoms with Crippen molar-refractivity contribution >= 4 is 23.2 Å². The zero-order valence-electron chi connectivity index (χ0n) is 24.1. The van der Waals surface area contributed by atoms with Crippen molar-refractivity contribution in [2.75, 3.05) is 38.1 Å². The Balaban J connectivity index is 0.000000192. The number of carbonyl (C=O) groups is 1. The summed E-state index contributed by atoms with van der Waals surface area (Å²) < 4.78 is 8.15. The van der Waals surface area contributed by atoms with E-state index < -0.39 is 0 Å². The molecule has 0 radical (unpaired) electrons. The summed E-state index contributed by atoms with van der Waals surface area (Å²) in [5, 5.41) is 16.0. The summed E-state index contributed by atoms with van der Waals surface area (Å²) in [4.78, 5) is 15.7. The molecular formula is C32H47N5O3. The number of aromatic nitrogens is 3. The Kier molecular flexibility index (Phi) is 12.2. The van der Waals surface area contributed by atoms with Crippen LogP contribution in [-0.4, -0.2) is 70.1 Å². The molecule has 8 nitrogen and oxygen atoms in total. The standard InChI is InChI=1S/C20H33N3O.C11H12N2.CH2O2/c1-2-3-15-24-19-9-6-14-23(16-19)13-5-8-18-11-10-17-7-4-12-21-20(17)22-18;1-2-4-11-10(3-1)7-12-13(11)8-9-5-6-9;2-1-3/h10-11,19H,2-9,12-16H2,1H3,(H,21,22);1-4,7,9H,5-6,8H2;1H,(H,2,3). The van der Waals surface area contributed by atoms with Gasteiger partial charge in [0.2, 0.25) is 0 Å². The molecule has 1 saturated heterocycles. The third-order valence-corrected chi connectivity index (χ3v) is 7.85. The average molecular weight is 550 g/mol. The van der Waals surface area contributed by atoms with Gasteiger partial charge < -0.3 is 20.1 Å². The lowest BCUT2D eigenvalue weighted by Gasteiger charge is -2.32. The molecular weight excluding hydrogens is 502 g/mol. The van der Waals surface area contributed by atoms with Crippen LogP contribution in [-0.2, 0) is 28.9 Å². The number of para-hydroxylation sites is 1. The monoisotopic (exact) mass is 549 g/mol. The van der Waals surface area contributed by atoms with Crippen LogP contribution in [0.25, 0.3) is 10.9 Å². The minimum absolute atomic E-state index is 0.250. The van der Waals surface area contributed by atoms with Gasteiger partial charge in [0.1, 0.15) is 5.82 Å². The molecule has 3 aromatic rings. The lowest BCUT2D eigenvalue weighted by Crippen LogP contribution is -2.40. The number of fused-ring (bicyclic) bond motifs is 2. The van der Waals surface area contributed by atoms with E-state index in [0.717, 1.165) is 44.4 Å². The second-order valence-corrected chi connectivity index (χ2v) is 11.2. The summed E-state index contributed by atoms with van der Waals surface area (Å²) in [6.45, 7) is 8.58. The maximum absolute atomic E-state index is 8.36. The normalized spacial score (nSPS) is 18.5. The number of piperidine rings is 1. The molecule has 0 bridgehead atoms. The van der Waals surface area contributed by atoms with Gasteiger partial charge in [-0.1, -0.05) is 37.6 Å². The molecule has 6 rings (SSSR count). The molecule has 2 aromatic heterocycles. The molecule has 4 heterocycles. The molecule has 3 aliphatic rings. The highest BCUT2D eigenvalue weighted by atomic mass is 16.5. The fraction of sp³-hybridized carbons (Fsp3) is 0.594. The molecule has 218 valence electrons. The van der Waals surface area contributed by atoms with Crippen LogP contribution in [0.2, 0.25) is 0 Å². The fourth-order valence-corrected chi connectivity index (χ4v) is 5.45. The van der Waals surface area contributed by atoms with Crippen molar-refractivity contribution in [3.8, 4) is 0 Å². The molecule has 2 fully saturated rings. The van der Waals surface area contributed by atoms with Crippen LogP contribution in [0.1, 0.15) is 69.5 Å². The summed E-state index contributed by atoms with van der Waals surface area (Å²) in [7, 11) is 0. The minimum Gasteiger partial charge on any atom is -0.483 e. The van der Waals surface area contributed by atoms with Crippen LogP contribution in [0.15, 0.2) is 42.6 Å². The van der Waals surface area contributed by atoms with E-state index >= 15 is 0 Å². The number of benzene rings is 1. The second kappa shape index (κ2) is 16.3. The fourth-order valence-electron chi connectivity index (χ4n) is 5.45. The van der Waals surface area contributed by atoms with Gasteiger partial charge in [-0.25, -0.2) is 4.98 Å². The summed E-state index contributed by atoms with van der Waals surface area (Å²) in [6.07, 6.45) is 14.8. The number of likely N-dealkylation sites (tertiary alicyclic amines) is 1. The van der Waals surface area contributed by atoms with Gasteiger partial charge in [0.25, 0.3) is 6.47 Å². The second-order valence-electron chi connectivity index (χ2n) is 11.2. The first-order chi connectivity index (χ1) is 19.7. The zero-order valence-corrected chi connectivity index (χ0v) is 24.1. The maximum atomic E-state index is 8.36. The smallest absolute Gasteiger partial charge is 0.290 e. The van der Waals surface area contributed by atoms with Crippen molar-refractivity contribution in [3.63, 3.8) is 0 Å². The van der Waals surface area contributed by atoms with Crippen molar-refractivity contribution < 1.29 is 14.6 Å². The maximum Gasteiger partial charge on any atom is 0.290 e. The van der Waals surface area contributed by atoms with E-state index in [9.17, 15) is 0 Å². The Bertz CT molecular complexity index is 1160. The van der Waals surface area contributed by atoms with Crippen molar-refractivity contribution in [1.29, 1.82) is 0 Å². The number of aryl methyl sites for hydroxylation is 2. The van der Waals surface area contributed by atoms with E-state index in [0.29, 0.717) is 6.10 Å². The van der Waals surface area contributed by atoms with Crippen molar-refractivity contribution in [1.82, 2.24) is 19.7 Å². The molecule has 1 aliphatic carbocycles. The van der Waals surface area contributed by atoms with Gasteiger partial charge in [0.15, 0.2) is 0 Å². The van der Waals surface area contributed by atoms with Crippen LogP contribution in [0.5, 0.6) is 0 Å². The van der Waals surface area contributed by atoms with Crippen molar-refractivity contribution in [2.45, 2.75) is 83.8 Å². The molecule has 1 saturated carbocycles.